The van der Waals surface area contributed by atoms with Crippen molar-refractivity contribution in [2.45, 2.75) is 11.0 Å². The molecule has 158 valence electrons. The largest absolute Gasteiger partial charge is 0.495 e. The number of likely N-dealkylation sites (N-methyl/N-ethyl adjacent to an activating group) is 1. The number of methoxy groups -OCH3 is 1. The zero-order valence-corrected chi connectivity index (χ0v) is 17.8. The van der Waals surface area contributed by atoms with Crippen LogP contribution in [-0.4, -0.2) is 82.9 Å². The lowest BCUT2D eigenvalue weighted by Gasteiger charge is -2.35. The van der Waals surface area contributed by atoms with Crippen LogP contribution in [0.15, 0.2) is 59.5 Å². The van der Waals surface area contributed by atoms with Crippen LogP contribution in [0.1, 0.15) is 0 Å². The van der Waals surface area contributed by atoms with Crippen LogP contribution >= 0.6 is 0 Å². The number of benzene rings is 2. The number of ether oxygens (including phenoxy) is 1. The number of para-hydroxylation sites is 2. The van der Waals surface area contributed by atoms with Gasteiger partial charge in [0.05, 0.1) is 30.3 Å². The highest BCUT2D eigenvalue weighted by atomic mass is 32.2. The molecule has 3 rings (SSSR count). The lowest BCUT2D eigenvalue weighted by Crippen LogP contribution is -2.49. The van der Waals surface area contributed by atoms with Crippen molar-refractivity contribution >= 4 is 15.7 Å². The summed E-state index contributed by atoms with van der Waals surface area (Å²) in [5.74, 6) is 0.443. The van der Waals surface area contributed by atoms with Crippen molar-refractivity contribution in [1.29, 1.82) is 0 Å². The Hall–Kier alpha value is -2.13. The number of piperazine rings is 1. The molecule has 0 aliphatic carbocycles. The Bertz CT molecular complexity index is 884. The summed E-state index contributed by atoms with van der Waals surface area (Å²) in [6.45, 7) is 3.95. The van der Waals surface area contributed by atoms with Crippen molar-refractivity contribution in [3.05, 3.63) is 54.6 Å². The van der Waals surface area contributed by atoms with Gasteiger partial charge in [-0.1, -0.05) is 30.3 Å². The van der Waals surface area contributed by atoms with E-state index in [9.17, 15) is 13.5 Å². The number of β-amino-alcohol motifs (C(OH)–C–C–N with tert-alkyl or cyclic N) is 1. The predicted octanol–water partition coefficient (Wildman–Crippen LogP) is 1.50. The first-order valence-corrected chi connectivity index (χ1v) is 11.2. The Morgan fingerprint density at radius 1 is 1.03 bits per heavy atom. The van der Waals surface area contributed by atoms with Crippen molar-refractivity contribution in [3.63, 3.8) is 0 Å². The average Bonchev–Trinajstić information content (AvgIpc) is 2.74. The molecule has 0 saturated carbocycles. The van der Waals surface area contributed by atoms with Gasteiger partial charge in [-0.05, 0) is 31.3 Å². The lowest BCUT2D eigenvalue weighted by atomic mass is 10.2. The predicted molar refractivity (Wildman–Crippen MR) is 114 cm³/mol. The van der Waals surface area contributed by atoms with Crippen molar-refractivity contribution in [2.24, 2.45) is 0 Å². The van der Waals surface area contributed by atoms with Gasteiger partial charge in [-0.25, -0.2) is 8.42 Å². The van der Waals surface area contributed by atoms with Crippen LogP contribution in [0.3, 0.4) is 0 Å². The summed E-state index contributed by atoms with van der Waals surface area (Å²) in [4.78, 5) is 4.59. The highest BCUT2D eigenvalue weighted by molar-refractivity contribution is 7.92. The van der Waals surface area contributed by atoms with E-state index in [1.54, 1.807) is 54.6 Å². The van der Waals surface area contributed by atoms with Gasteiger partial charge >= 0.3 is 0 Å². The van der Waals surface area contributed by atoms with Crippen LogP contribution in [0, 0.1) is 0 Å². The molecule has 2 aromatic carbocycles. The van der Waals surface area contributed by atoms with Gasteiger partial charge in [-0.3, -0.25) is 9.21 Å². The molecular formula is C21H29N3O4S. The summed E-state index contributed by atoms with van der Waals surface area (Å²) in [6.07, 6.45) is -0.832. The maximum Gasteiger partial charge on any atom is 0.264 e. The monoisotopic (exact) mass is 419 g/mol. The molecule has 1 saturated heterocycles. The maximum atomic E-state index is 13.4. The van der Waals surface area contributed by atoms with E-state index in [0.29, 0.717) is 18.0 Å². The van der Waals surface area contributed by atoms with Gasteiger partial charge in [0, 0.05) is 32.7 Å². The van der Waals surface area contributed by atoms with E-state index >= 15 is 0 Å². The minimum atomic E-state index is -3.86. The molecule has 0 bridgehead atoms. The molecule has 1 atom stereocenters. The summed E-state index contributed by atoms with van der Waals surface area (Å²) in [7, 11) is -0.285. The van der Waals surface area contributed by atoms with Gasteiger partial charge < -0.3 is 14.7 Å². The van der Waals surface area contributed by atoms with E-state index in [-0.39, 0.29) is 11.4 Å². The number of nitrogens with zero attached hydrogens (tertiary/aromatic N) is 3. The summed E-state index contributed by atoms with van der Waals surface area (Å²) in [5.41, 5.74) is 0.413. The number of hydrogen-bond donors (Lipinski definition) is 1. The highest BCUT2D eigenvalue weighted by Crippen LogP contribution is 2.32. The normalized spacial score (nSPS) is 17.1. The van der Waals surface area contributed by atoms with Crippen LogP contribution in [0.4, 0.5) is 5.69 Å². The summed E-state index contributed by atoms with van der Waals surface area (Å²) in [6, 6.07) is 15.2. The van der Waals surface area contributed by atoms with E-state index in [0.717, 1.165) is 26.2 Å². The Balaban J connectivity index is 1.87. The van der Waals surface area contributed by atoms with Gasteiger partial charge in [-0.15, -0.1) is 0 Å². The molecule has 7 nitrogen and oxygen atoms in total. The second-order valence-corrected chi connectivity index (χ2v) is 9.14. The van der Waals surface area contributed by atoms with Crippen molar-refractivity contribution in [3.8, 4) is 5.75 Å². The van der Waals surface area contributed by atoms with Crippen molar-refractivity contribution < 1.29 is 18.3 Å². The molecule has 0 radical (unpaired) electrons. The fourth-order valence-corrected chi connectivity index (χ4v) is 4.99. The maximum absolute atomic E-state index is 13.4. The quantitative estimate of drug-likeness (QED) is 0.699. The van der Waals surface area contributed by atoms with Crippen LogP contribution < -0.4 is 9.04 Å². The van der Waals surface area contributed by atoms with Gasteiger partial charge in [0.25, 0.3) is 10.0 Å². The minimum Gasteiger partial charge on any atom is -0.495 e. The summed E-state index contributed by atoms with van der Waals surface area (Å²) < 4.78 is 33.5. The Kier molecular flexibility index (Phi) is 7.13. The third-order valence-corrected chi connectivity index (χ3v) is 6.92. The number of aliphatic hydroxyl groups is 1. The molecule has 1 fully saturated rings. The van der Waals surface area contributed by atoms with E-state index < -0.39 is 16.1 Å². The SMILES string of the molecule is COc1ccccc1N(CC(O)CN1CCN(C)CC1)S(=O)(=O)c1ccccc1. The Morgan fingerprint density at radius 3 is 2.31 bits per heavy atom. The Morgan fingerprint density at radius 2 is 1.66 bits per heavy atom. The van der Waals surface area contributed by atoms with Gasteiger partial charge in [-0.2, -0.15) is 0 Å². The second kappa shape index (κ2) is 9.58. The molecule has 1 aliphatic rings. The molecule has 1 aliphatic heterocycles. The van der Waals surface area contributed by atoms with E-state index in [1.165, 1.54) is 11.4 Å². The fourth-order valence-electron chi connectivity index (χ4n) is 3.46. The first kappa shape index (κ1) is 21.6. The molecule has 1 N–H and O–H groups in total. The minimum absolute atomic E-state index is 0.0516. The number of sulfonamides is 1. The number of rotatable bonds is 8. The van der Waals surface area contributed by atoms with Gasteiger partial charge in [0.15, 0.2) is 0 Å². The standard InChI is InChI=1S/C21H29N3O4S/c1-22-12-14-23(15-13-22)16-18(25)17-24(20-10-6-7-11-21(20)28-2)29(26,27)19-8-4-3-5-9-19/h3-11,18,25H,12-17H2,1-2H3. The molecule has 8 heteroatoms. The molecule has 0 spiro atoms. The smallest absolute Gasteiger partial charge is 0.264 e. The van der Waals surface area contributed by atoms with Crippen molar-refractivity contribution in [1.82, 2.24) is 9.80 Å². The molecule has 0 amide bonds. The van der Waals surface area contributed by atoms with Gasteiger partial charge in [0.2, 0.25) is 0 Å². The summed E-state index contributed by atoms with van der Waals surface area (Å²) >= 11 is 0. The molecular weight excluding hydrogens is 390 g/mol. The van der Waals surface area contributed by atoms with E-state index in [2.05, 4.69) is 16.8 Å². The highest BCUT2D eigenvalue weighted by Gasteiger charge is 2.30. The second-order valence-electron chi connectivity index (χ2n) is 7.28. The van der Waals surface area contributed by atoms with Gasteiger partial charge in [0.1, 0.15) is 5.75 Å². The average molecular weight is 420 g/mol. The first-order valence-electron chi connectivity index (χ1n) is 9.71. The summed E-state index contributed by atoms with van der Waals surface area (Å²) in [5, 5.41) is 10.8. The topological polar surface area (TPSA) is 73.3 Å². The van der Waals surface area contributed by atoms with Crippen molar-refractivity contribution in [2.75, 3.05) is 57.7 Å². The van der Waals surface area contributed by atoms with E-state index in [1.807, 2.05) is 0 Å². The third-order valence-electron chi connectivity index (χ3n) is 5.13. The number of aliphatic hydroxyl groups excluding tert-OH is 1. The van der Waals surface area contributed by atoms with Crippen LogP contribution in [0.5, 0.6) is 5.75 Å². The lowest BCUT2D eigenvalue weighted by molar-refractivity contribution is 0.0853. The zero-order chi connectivity index (χ0) is 20.9. The fraction of sp³-hybridized carbons (Fsp3) is 0.429. The van der Waals surface area contributed by atoms with Crippen LogP contribution in [-0.2, 0) is 10.0 Å². The number of anilines is 1. The number of hydrogen-bond acceptors (Lipinski definition) is 6. The van der Waals surface area contributed by atoms with Crippen LogP contribution in [0.2, 0.25) is 0 Å². The first-order chi connectivity index (χ1) is 13.9. The molecule has 0 aromatic heterocycles. The zero-order valence-electron chi connectivity index (χ0n) is 16.9. The van der Waals surface area contributed by atoms with E-state index in [4.69, 9.17) is 4.74 Å². The Labute approximate surface area is 173 Å². The van der Waals surface area contributed by atoms with Crippen LogP contribution in [0.25, 0.3) is 0 Å². The molecule has 1 unspecified atom stereocenters. The molecule has 29 heavy (non-hydrogen) atoms. The molecule has 1 heterocycles. The molecule has 2 aromatic rings. The third kappa shape index (κ3) is 5.27.